The van der Waals surface area contributed by atoms with Gasteiger partial charge in [-0.2, -0.15) is 0 Å². The Morgan fingerprint density at radius 1 is 1.23 bits per heavy atom. The molecule has 174 valence electrons. The van der Waals surface area contributed by atoms with Gasteiger partial charge in [0.25, 0.3) is 0 Å². The van der Waals surface area contributed by atoms with Gasteiger partial charge >= 0.3 is 12.1 Å². The van der Waals surface area contributed by atoms with Crippen molar-refractivity contribution in [2.75, 3.05) is 26.8 Å². The quantitative estimate of drug-likeness (QED) is 0.503. The maximum absolute atomic E-state index is 12.8. The molecule has 0 bridgehead atoms. The number of hydrogen-bond donors (Lipinski definition) is 1. The molecule has 8 nitrogen and oxygen atoms in total. The molecule has 1 aliphatic carbocycles. The second-order valence-corrected chi connectivity index (χ2v) is 9.90. The van der Waals surface area contributed by atoms with Crippen LogP contribution >= 0.6 is 0 Å². The van der Waals surface area contributed by atoms with Gasteiger partial charge < -0.3 is 29.0 Å². The lowest BCUT2D eigenvalue weighted by atomic mass is 9.68. The number of carboxylic acids is 1. The molecule has 0 unspecified atom stereocenters. The monoisotopic (exact) mass is 437 g/mol. The fourth-order valence-corrected chi connectivity index (χ4v) is 5.58. The molecular weight excluding hydrogens is 402 g/mol. The van der Waals surface area contributed by atoms with E-state index in [9.17, 15) is 9.59 Å². The zero-order valence-corrected chi connectivity index (χ0v) is 19.0. The maximum atomic E-state index is 12.8. The molecule has 1 amide bonds. The number of methoxy groups -OCH3 is 1. The molecule has 3 heterocycles. The minimum atomic E-state index is -0.794. The van der Waals surface area contributed by atoms with Crippen molar-refractivity contribution < 1.29 is 33.6 Å². The van der Waals surface area contributed by atoms with Crippen molar-refractivity contribution in [1.29, 1.82) is 0 Å². The number of epoxide rings is 2. The first-order chi connectivity index (χ1) is 14.7. The molecule has 0 aromatic rings. The number of likely N-dealkylation sites (tertiary alicyclic amines) is 1. The molecule has 8 heteroatoms. The van der Waals surface area contributed by atoms with Crippen LogP contribution in [0.5, 0.6) is 0 Å². The molecule has 1 saturated carbocycles. The van der Waals surface area contributed by atoms with Gasteiger partial charge in [0.1, 0.15) is 23.4 Å². The smallest absolute Gasteiger partial charge is 0.410 e. The SMILES string of the molecule is CO[C@H]1[C@@H]([C@@]2(C)O[C@@H]2CC=C(C)C)[C@]2(CC[C@H]1OC(=O)N1CCC(C(=O)O)CC1)CO2. The number of piperidine rings is 1. The second kappa shape index (κ2) is 8.37. The van der Waals surface area contributed by atoms with Crippen LogP contribution in [0.15, 0.2) is 11.6 Å². The summed E-state index contributed by atoms with van der Waals surface area (Å²) in [4.78, 5) is 25.6. The molecule has 4 fully saturated rings. The summed E-state index contributed by atoms with van der Waals surface area (Å²) >= 11 is 0. The number of carbonyl (C=O) groups is 2. The summed E-state index contributed by atoms with van der Waals surface area (Å²) in [6.07, 6.45) is 4.50. The predicted octanol–water partition coefficient (Wildman–Crippen LogP) is 3.00. The van der Waals surface area contributed by atoms with Crippen LogP contribution in [-0.2, 0) is 23.7 Å². The standard InChI is InChI=1S/C23H35NO7/c1-14(2)5-6-17-22(3,31-17)19-18(28-4)16(7-10-23(19)13-29-23)30-21(27)24-11-8-15(9-12-24)20(25)26/h5,15-19H,6-13H2,1-4H3,(H,25,26)/t16-,17-,18-,19+,22+,23+/m1/s1. The van der Waals surface area contributed by atoms with E-state index in [-0.39, 0.29) is 47.4 Å². The molecular formula is C23H35NO7. The van der Waals surface area contributed by atoms with Crippen molar-refractivity contribution >= 4 is 12.1 Å². The number of carboxylic acid groups (broad SMARTS) is 1. The minimum Gasteiger partial charge on any atom is -0.481 e. The van der Waals surface area contributed by atoms with Gasteiger partial charge in [-0.05, 0) is 52.9 Å². The van der Waals surface area contributed by atoms with E-state index in [4.69, 9.17) is 24.1 Å². The number of allylic oxidation sites excluding steroid dienone is 1. The van der Waals surface area contributed by atoms with Crippen LogP contribution in [0.3, 0.4) is 0 Å². The van der Waals surface area contributed by atoms with E-state index in [0.29, 0.717) is 39.0 Å². The second-order valence-electron chi connectivity index (χ2n) is 9.90. The summed E-state index contributed by atoms with van der Waals surface area (Å²) in [6.45, 7) is 7.79. The van der Waals surface area contributed by atoms with Gasteiger partial charge in [-0.3, -0.25) is 4.79 Å². The molecule has 1 N–H and O–H groups in total. The normalized spacial score (nSPS) is 39.8. The maximum Gasteiger partial charge on any atom is 0.410 e. The van der Waals surface area contributed by atoms with Crippen molar-refractivity contribution in [3.05, 3.63) is 11.6 Å². The Morgan fingerprint density at radius 3 is 2.45 bits per heavy atom. The van der Waals surface area contributed by atoms with Gasteiger partial charge in [0.05, 0.1) is 24.5 Å². The number of carbonyl (C=O) groups excluding carboxylic acids is 1. The van der Waals surface area contributed by atoms with Crippen molar-refractivity contribution in [2.24, 2.45) is 11.8 Å². The average molecular weight is 438 g/mol. The Bertz CT molecular complexity index is 736. The first kappa shape index (κ1) is 22.6. The third-order valence-corrected chi connectivity index (χ3v) is 7.59. The first-order valence-corrected chi connectivity index (χ1v) is 11.4. The molecule has 3 saturated heterocycles. The molecule has 0 radical (unpaired) electrons. The van der Waals surface area contributed by atoms with E-state index in [1.54, 1.807) is 12.0 Å². The molecule has 0 aromatic heterocycles. The number of aliphatic carboxylic acids is 1. The van der Waals surface area contributed by atoms with E-state index in [2.05, 4.69) is 26.8 Å². The van der Waals surface area contributed by atoms with E-state index in [1.165, 1.54) is 5.57 Å². The Balaban J connectivity index is 1.42. The Kier molecular flexibility index (Phi) is 6.09. The summed E-state index contributed by atoms with van der Waals surface area (Å²) in [5, 5.41) is 9.17. The van der Waals surface area contributed by atoms with Crippen molar-refractivity contribution in [3.8, 4) is 0 Å². The lowest BCUT2D eigenvalue weighted by molar-refractivity contribution is -0.143. The van der Waals surface area contributed by atoms with Crippen LogP contribution in [-0.4, -0.2) is 78.4 Å². The lowest BCUT2D eigenvalue weighted by Crippen LogP contribution is -2.56. The Morgan fingerprint density at radius 2 is 1.90 bits per heavy atom. The van der Waals surface area contributed by atoms with Crippen LogP contribution in [0.25, 0.3) is 0 Å². The summed E-state index contributed by atoms with van der Waals surface area (Å²) in [7, 11) is 1.66. The Labute approximate surface area is 183 Å². The lowest BCUT2D eigenvalue weighted by Gasteiger charge is -2.43. The van der Waals surface area contributed by atoms with Gasteiger partial charge in [-0.25, -0.2) is 4.79 Å². The average Bonchev–Trinajstić information content (AvgIpc) is 3.65. The number of rotatable bonds is 6. The summed E-state index contributed by atoms with van der Waals surface area (Å²) in [5.74, 6) is -1.19. The zero-order valence-electron chi connectivity index (χ0n) is 19.0. The molecule has 0 aromatic carbocycles. The molecule has 1 spiro atoms. The van der Waals surface area contributed by atoms with Crippen LogP contribution in [0.2, 0.25) is 0 Å². The topological polar surface area (TPSA) is 101 Å². The van der Waals surface area contributed by atoms with E-state index < -0.39 is 5.97 Å². The third-order valence-electron chi connectivity index (χ3n) is 7.59. The number of ether oxygens (including phenoxy) is 4. The number of nitrogens with zero attached hydrogens (tertiary/aromatic N) is 1. The molecule has 4 aliphatic rings. The van der Waals surface area contributed by atoms with Crippen molar-refractivity contribution in [1.82, 2.24) is 4.90 Å². The van der Waals surface area contributed by atoms with Crippen LogP contribution in [0.4, 0.5) is 4.79 Å². The summed E-state index contributed by atoms with van der Waals surface area (Å²) < 4.78 is 24.0. The predicted molar refractivity (Wildman–Crippen MR) is 112 cm³/mol. The van der Waals surface area contributed by atoms with E-state index in [1.807, 2.05) is 0 Å². The van der Waals surface area contributed by atoms with Gasteiger partial charge in [-0.15, -0.1) is 0 Å². The largest absolute Gasteiger partial charge is 0.481 e. The van der Waals surface area contributed by atoms with Crippen LogP contribution in [0.1, 0.15) is 52.9 Å². The van der Waals surface area contributed by atoms with Crippen molar-refractivity contribution in [3.63, 3.8) is 0 Å². The van der Waals surface area contributed by atoms with Crippen molar-refractivity contribution in [2.45, 2.75) is 82.4 Å². The molecule has 31 heavy (non-hydrogen) atoms. The van der Waals surface area contributed by atoms with Gasteiger partial charge in [-0.1, -0.05) is 11.6 Å². The van der Waals surface area contributed by atoms with E-state index in [0.717, 1.165) is 12.8 Å². The third kappa shape index (κ3) is 4.34. The summed E-state index contributed by atoms with van der Waals surface area (Å²) in [5.41, 5.74) is 0.645. The highest BCUT2D eigenvalue weighted by Crippen LogP contribution is 2.59. The minimum absolute atomic E-state index is 0.00939. The first-order valence-electron chi connectivity index (χ1n) is 11.4. The molecule has 6 atom stereocenters. The van der Waals surface area contributed by atoms with Gasteiger partial charge in [0.2, 0.25) is 0 Å². The fraction of sp³-hybridized carbons (Fsp3) is 0.826. The Hall–Kier alpha value is -1.64. The highest BCUT2D eigenvalue weighted by atomic mass is 16.6. The molecule has 3 aliphatic heterocycles. The highest BCUT2D eigenvalue weighted by molar-refractivity contribution is 5.71. The highest BCUT2D eigenvalue weighted by Gasteiger charge is 2.72. The molecule has 4 rings (SSSR count). The van der Waals surface area contributed by atoms with Crippen LogP contribution < -0.4 is 0 Å². The fourth-order valence-electron chi connectivity index (χ4n) is 5.58. The zero-order chi connectivity index (χ0) is 22.4. The van der Waals surface area contributed by atoms with Gasteiger partial charge in [0.15, 0.2) is 0 Å². The van der Waals surface area contributed by atoms with Gasteiger partial charge in [0, 0.05) is 20.2 Å². The number of hydrogen-bond acceptors (Lipinski definition) is 6. The van der Waals surface area contributed by atoms with E-state index >= 15 is 0 Å². The summed E-state index contributed by atoms with van der Waals surface area (Å²) in [6, 6.07) is 0. The van der Waals surface area contributed by atoms with Crippen LogP contribution in [0, 0.1) is 11.8 Å². The number of amides is 1.